The molecule has 0 aliphatic heterocycles. The van der Waals surface area contributed by atoms with Gasteiger partial charge in [0.05, 0.1) is 5.37 Å². The van der Waals surface area contributed by atoms with Crippen LogP contribution in [0.4, 0.5) is 0 Å². The molecule has 0 bridgehead atoms. The first-order valence-corrected chi connectivity index (χ1v) is 4.49. The molecule has 0 fully saturated rings. The molecular weight excluding hydrogens is 184 g/mol. The summed E-state index contributed by atoms with van der Waals surface area (Å²) >= 11 is 1.17. The minimum absolute atomic E-state index is 0. The van der Waals surface area contributed by atoms with Crippen LogP contribution in [0.25, 0.3) is 0 Å². The van der Waals surface area contributed by atoms with Crippen LogP contribution in [0, 0.1) is 10.7 Å². The normalized spacial score (nSPS) is 11.4. The van der Waals surface area contributed by atoms with Gasteiger partial charge in [0.25, 0.3) is 0 Å². The quantitative estimate of drug-likeness (QED) is 0.319. The number of thioether (sulfide) groups is 1. The Morgan fingerprint density at radius 2 is 2.27 bits per heavy atom. The standard InChI is InChI=1S/C7H14N2S.Ca.2H/c1-2-3-4-5-7(9)10-6-8;;;/h7H,2-5,9H2,1H3;;;/q;+2;2*-1. The Morgan fingerprint density at radius 1 is 1.64 bits per heavy atom. The van der Waals surface area contributed by atoms with Crippen molar-refractivity contribution in [1.29, 1.82) is 5.26 Å². The maximum Gasteiger partial charge on any atom is 2.00 e. The van der Waals surface area contributed by atoms with Crippen molar-refractivity contribution in [2.24, 2.45) is 5.73 Å². The monoisotopic (exact) mass is 200 g/mol. The minimum Gasteiger partial charge on any atom is -1.00 e. The Labute approximate surface area is 106 Å². The predicted octanol–water partition coefficient (Wildman–Crippen LogP) is 1.91. The summed E-state index contributed by atoms with van der Waals surface area (Å²) < 4.78 is 0. The number of rotatable bonds is 5. The Balaban J connectivity index is -0.000000135. The van der Waals surface area contributed by atoms with Gasteiger partial charge in [-0.15, -0.1) is 0 Å². The van der Waals surface area contributed by atoms with Gasteiger partial charge in [-0.2, -0.15) is 5.26 Å². The van der Waals surface area contributed by atoms with Crippen LogP contribution in [0.5, 0.6) is 0 Å². The van der Waals surface area contributed by atoms with Crippen LogP contribution in [0.1, 0.15) is 35.5 Å². The van der Waals surface area contributed by atoms with Crippen molar-refractivity contribution in [2.45, 2.75) is 38.0 Å². The molecule has 2 N–H and O–H groups in total. The summed E-state index contributed by atoms with van der Waals surface area (Å²) in [6, 6.07) is 0. The third-order valence-corrected chi connectivity index (χ3v) is 1.94. The van der Waals surface area contributed by atoms with Crippen LogP contribution in [0.15, 0.2) is 0 Å². The maximum atomic E-state index is 8.23. The zero-order chi connectivity index (χ0) is 7.82. The van der Waals surface area contributed by atoms with Gasteiger partial charge in [-0.3, -0.25) is 0 Å². The summed E-state index contributed by atoms with van der Waals surface area (Å²) in [6.45, 7) is 2.16. The van der Waals surface area contributed by atoms with E-state index in [9.17, 15) is 0 Å². The molecule has 0 radical (unpaired) electrons. The van der Waals surface area contributed by atoms with Gasteiger partial charge in [0, 0.05) is 0 Å². The molecule has 62 valence electrons. The molecule has 0 saturated heterocycles. The summed E-state index contributed by atoms with van der Waals surface area (Å²) in [5, 5.41) is 10.2. The molecule has 0 aromatic heterocycles. The molecule has 0 amide bonds. The first kappa shape index (κ1) is 14.6. The maximum absolute atomic E-state index is 8.23. The second-order valence-corrected chi connectivity index (χ2v) is 3.27. The molecule has 0 aromatic rings. The molecule has 11 heavy (non-hydrogen) atoms. The average molecular weight is 200 g/mol. The van der Waals surface area contributed by atoms with Gasteiger partial charge in [-0.25, -0.2) is 0 Å². The number of nitrogens with two attached hydrogens (primary N) is 1. The number of nitrogens with zero attached hydrogens (tertiary/aromatic N) is 1. The van der Waals surface area contributed by atoms with E-state index in [1.54, 1.807) is 0 Å². The van der Waals surface area contributed by atoms with E-state index in [1.165, 1.54) is 24.6 Å². The molecule has 0 spiro atoms. The number of nitriles is 1. The van der Waals surface area contributed by atoms with Gasteiger partial charge in [0.1, 0.15) is 5.40 Å². The van der Waals surface area contributed by atoms with Gasteiger partial charge >= 0.3 is 37.7 Å². The molecule has 0 aliphatic carbocycles. The number of thiocyanates is 1. The van der Waals surface area contributed by atoms with Gasteiger partial charge in [0.2, 0.25) is 0 Å². The minimum atomic E-state index is 0. The van der Waals surface area contributed by atoms with E-state index in [2.05, 4.69) is 6.92 Å². The first-order valence-electron chi connectivity index (χ1n) is 3.61. The van der Waals surface area contributed by atoms with E-state index in [1.807, 2.05) is 5.40 Å². The van der Waals surface area contributed by atoms with E-state index in [4.69, 9.17) is 11.0 Å². The number of unbranched alkanes of at least 4 members (excludes halogenated alkanes) is 2. The Hall–Kier alpha value is 1.06. The molecule has 0 saturated carbocycles. The third-order valence-electron chi connectivity index (χ3n) is 1.30. The van der Waals surface area contributed by atoms with Crippen molar-refractivity contribution in [2.75, 3.05) is 0 Å². The molecule has 0 heterocycles. The van der Waals surface area contributed by atoms with Crippen molar-refractivity contribution in [3.8, 4) is 5.40 Å². The molecule has 0 aliphatic rings. The van der Waals surface area contributed by atoms with Crippen LogP contribution in [-0.4, -0.2) is 43.1 Å². The van der Waals surface area contributed by atoms with E-state index in [0.29, 0.717) is 0 Å². The van der Waals surface area contributed by atoms with Crippen LogP contribution >= 0.6 is 11.8 Å². The van der Waals surface area contributed by atoms with E-state index in [-0.39, 0.29) is 46.0 Å². The Morgan fingerprint density at radius 3 is 2.73 bits per heavy atom. The SMILES string of the molecule is CCCCCC(N)SC#N.[Ca+2].[H-].[H-]. The second-order valence-electron chi connectivity index (χ2n) is 2.24. The van der Waals surface area contributed by atoms with Crippen LogP contribution in [-0.2, 0) is 0 Å². The van der Waals surface area contributed by atoms with Crippen LogP contribution in [0.2, 0.25) is 0 Å². The van der Waals surface area contributed by atoms with Crippen molar-refractivity contribution in [3.63, 3.8) is 0 Å². The molecule has 1 unspecified atom stereocenters. The fraction of sp³-hybridized carbons (Fsp3) is 0.857. The van der Waals surface area contributed by atoms with E-state index >= 15 is 0 Å². The van der Waals surface area contributed by atoms with E-state index in [0.717, 1.165) is 12.8 Å². The van der Waals surface area contributed by atoms with Crippen molar-refractivity contribution < 1.29 is 2.85 Å². The van der Waals surface area contributed by atoms with Gasteiger partial charge in [-0.1, -0.05) is 26.2 Å². The summed E-state index contributed by atoms with van der Waals surface area (Å²) in [5.41, 5.74) is 5.57. The topological polar surface area (TPSA) is 49.8 Å². The zero-order valence-corrected chi connectivity index (χ0v) is 10.1. The summed E-state index contributed by atoms with van der Waals surface area (Å²) in [6.07, 6.45) is 4.54. The van der Waals surface area contributed by atoms with Gasteiger partial charge < -0.3 is 8.59 Å². The van der Waals surface area contributed by atoms with Gasteiger partial charge in [-0.05, 0) is 18.2 Å². The summed E-state index contributed by atoms with van der Waals surface area (Å²) in [4.78, 5) is 0. The fourth-order valence-electron chi connectivity index (χ4n) is 0.722. The average Bonchev–Trinajstić information content (AvgIpc) is 1.89. The second kappa shape index (κ2) is 11.1. The van der Waals surface area contributed by atoms with E-state index < -0.39 is 0 Å². The van der Waals surface area contributed by atoms with Crippen molar-refractivity contribution >= 4 is 49.5 Å². The van der Waals surface area contributed by atoms with Crippen molar-refractivity contribution in [3.05, 3.63) is 0 Å². The zero-order valence-electron chi connectivity index (χ0n) is 9.05. The predicted molar refractivity (Wildman–Crippen MR) is 53.3 cm³/mol. The van der Waals surface area contributed by atoms with Crippen LogP contribution < -0.4 is 5.73 Å². The third kappa shape index (κ3) is 11.1. The molecule has 2 nitrogen and oxygen atoms in total. The Kier molecular flexibility index (Phi) is 14.7. The molecule has 0 rings (SSSR count). The van der Waals surface area contributed by atoms with Crippen LogP contribution in [0.3, 0.4) is 0 Å². The molecule has 0 aromatic carbocycles. The number of hydrogen-bond donors (Lipinski definition) is 1. The summed E-state index contributed by atoms with van der Waals surface area (Å²) in [7, 11) is 0. The number of hydrogen-bond acceptors (Lipinski definition) is 3. The molecule has 4 heteroatoms. The molecular formula is C7H16CaN2S. The largest absolute Gasteiger partial charge is 2.00 e. The smallest absolute Gasteiger partial charge is 1.00 e. The van der Waals surface area contributed by atoms with Crippen molar-refractivity contribution in [1.82, 2.24) is 0 Å². The fourth-order valence-corrected chi connectivity index (χ4v) is 1.14. The van der Waals surface area contributed by atoms with Gasteiger partial charge in [0.15, 0.2) is 0 Å². The summed E-state index contributed by atoms with van der Waals surface area (Å²) in [5.74, 6) is 0. The molecule has 1 atom stereocenters. The Bertz CT molecular complexity index is 122. The first-order chi connectivity index (χ1) is 4.81.